The van der Waals surface area contributed by atoms with Gasteiger partial charge < -0.3 is 35.1 Å². The van der Waals surface area contributed by atoms with Crippen molar-refractivity contribution in [3.63, 3.8) is 0 Å². The average Bonchev–Trinajstić information content (AvgIpc) is 3.33. The molecule has 2 saturated heterocycles. The number of ether oxygens (including phenoxy) is 2. The third kappa shape index (κ3) is 20.7. The first-order valence-electron chi connectivity index (χ1n) is 24.2. The standard InChI is InChI=1S/C26H31ClF3NO2.C14H18F3NO.C12H14BrClO.CH2O3.2K/c27-21-9-5-19(6-10-21)25(14-3-15-25)24(32)18-31-16-2-1-4-22(31)13-17-33-23-11-7-20(8-12-23)26(28,29)30;15-14(16,17)11-4-6-13(7-5-11)19-10-8-12-3-1-2-9-18-12;13-8-11(15)12(6-1-7-12)9-2-4-10(14)5-3-9;2-1-4-3;;/h5-12,22,24,32H,1-4,13-18H2;4-7,12,18H,1-3,8-10H2;2-5,11,15H,1,6-8H2;1,3H;;/q;;;;;+1/p-1/t22?,24-;;11-;;;/m0.0.../s1. The minimum absolute atomic E-state index is 0. The summed E-state index contributed by atoms with van der Waals surface area (Å²) in [6.45, 7) is 3.39. The second-order valence-corrected chi connectivity index (χ2v) is 20.0. The number of nitrogens with zero attached hydrogens (tertiary/aromatic N) is 1. The van der Waals surface area contributed by atoms with Crippen molar-refractivity contribution in [2.75, 3.05) is 38.2 Å². The molecule has 20 heteroatoms. The number of benzene rings is 4. The zero-order valence-corrected chi connectivity index (χ0v) is 50.9. The number of hydrogen-bond acceptors (Lipinski definition) is 9. The number of aliphatic hydroxyl groups is 2. The van der Waals surface area contributed by atoms with Gasteiger partial charge in [-0.25, -0.2) is 0 Å². The molecule has 2 aliphatic carbocycles. The van der Waals surface area contributed by atoms with E-state index in [9.17, 15) is 36.6 Å². The molecule has 1 radical (unpaired) electrons. The molecule has 0 aromatic heterocycles. The molecule has 9 nitrogen and oxygen atoms in total. The molecular formula is C53H64BrCl2F6K2N2O7. The van der Waals surface area contributed by atoms with Crippen LogP contribution in [0.1, 0.15) is 112 Å². The van der Waals surface area contributed by atoms with Gasteiger partial charge in [0.25, 0.3) is 6.47 Å². The van der Waals surface area contributed by atoms with Crippen molar-refractivity contribution in [3.05, 3.63) is 129 Å². The Morgan fingerprint density at radius 2 is 1.12 bits per heavy atom. The molecule has 4 aromatic carbocycles. The van der Waals surface area contributed by atoms with Crippen molar-refractivity contribution in [2.45, 2.75) is 137 Å². The van der Waals surface area contributed by atoms with Crippen molar-refractivity contribution < 1.29 is 112 Å². The van der Waals surface area contributed by atoms with Gasteiger partial charge in [0, 0.05) is 96.2 Å². The molecule has 0 amide bonds. The summed E-state index contributed by atoms with van der Waals surface area (Å²) < 4.78 is 86.5. The monoisotopic (exact) mass is 1180 g/mol. The number of hydrogen-bond donors (Lipinski definition) is 3. The predicted molar refractivity (Wildman–Crippen MR) is 271 cm³/mol. The molecule has 393 valence electrons. The van der Waals surface area contributed by atoms with Crippen LogP contribution in [-0.2, 0) is 32.9 Å². The quantitative estimate of drug-likeness (QED) is 0.0253. The molecule has 2 aliphatic heterocycles. The number of aliphatic hydroxyl groups excluding tert-OH is 2. The molecule has 0 bridgehead atoms. The minimum Gasteiger partial charge on any atom is -0.662 e. The van der Waals surface area contributed by atoms with Crippen LogP contribution in [0.5, 0.6) is 11.5 Å². The molecule has 2 saturated carbocycles. The smallest absolute Gasteiger partial charge is 0.662 e. The fraction of sp³-hybridized carbons (Fsp3) is 0.528. The van der Waals surface area contributed by atoms with E-state index in [0.717, 1.165) is 119 Å². The maximum absolute atomic E-state index is 12.7. The van der Waals surface area contributed by atoms with Crippen molar-refractivity contribution >= 4 is 97.0 Å². The topological polar surface area (TPSA) is 124 Å². The fourth-order valence-electron chi connectivity index (χ4n) is 9.76. The van der Waals surface area contributed by atoms with E-state index in [1.54, 1.807) is 0 Å². The van der Waals surface area contributed by atoms with Gasteiger partial charge in [-0.1, -0.05) is 89.1 Å². The van der Waals surface area contributed by atoms with Crippen molar-refractivity contribution in [1.29, 1.82) is 0 Å². The molecule has 73 heavy (non-hydrogen) atoms. The summed E-state index contributed by atoms with van der Waals surface area (Å²) in [6.07, 6.45) is 5.59. The SMILES string of the molecule is FC(F)(F)c1ccc(OCCC2CCCCN2)cc1.O=CO[O-].O[C@@H](CBr)C1(c2ccc(Cl)cc2)CCC1.O[C@@H](CN1CCCCC1CCOc1ccc(C(F)(F)F)cc1)C1(c2ccc(Cl)cc2)CCC1.[K+].[K]. The van der Waals surface area contributed by atoms with Crippen molar-refractivity contribution in [1.82, 2.24) is 10.2 Å². The molecule has 0 spiro atoms. The number of β-amino-alcohol motifs (C(OH)–C–C–N with tert-alkyl or cyclic N) is 1. The molecule has 4 fully saturated rings. The zero-order chi connectivity index (χ0) is 51.5. The van der Waals surface area contributed by atoms with E-state index in [1.165, 1.54) is 49.1 Å². The first-order chi connectivity index (χ1) is 33.9. The number of carbonyl (C=O) groups is 1. The van der Waals surface area contributed by atoms with Crippen LogP contribution in [0.25, 0.3) is 0 Å². The predicted octanol–water partition coefficient (Wildman–Crippen LogP) is 8.66. The Morgan fingerprint density at radius 3 is 1.51 bits per heavy atom. The molecule has 8 rings (SSSR count). The van der Waals surface area contributed by atoms with Crippen molar-refractivity contribution in [3.8, 4) is 11.5 Å². The van der Waals surface area contributed by atoms with E-state index in [1.807, 2.05) is 48.5 Å². The van der Waals surface area contributed by atoms with Gasteiger partial charge in [0.2, 0.25) is 0 Å². The third-order valence-electron chi connectivity index (χ3n) is 14.2. The molecule has 3 N–H and O–H groups in total. The second-order valence-electron chi connectivity index (χ2n) is 18.5. The zero-order valence-electron chi connectivity index (χ0n) is 41.6. The van der Waals surface area contributed by atoms with Crippen LogP contribution in [-0.4, -0.2) is 135 Å². The summed E-state index contributed by atoms with van der Waals surface area (Å²) in [5.74, 6) is 0.936. The number of halogens is 9. The number of alkyl halides is 7. The number of rotatable bonds is 16. The molecule has 2 unspecified atom stereocenters. The molecule has 2 heterocycles. The van der Waals surface area contributed by atoms with Crippen molar-refractivity contribution in [2.24, 2.45) is 0 Å². The summed E-state index contributed by atoms with van der Waals surface area (Å²) in [4.78, 5) is 13.6. The van der Waals surface area contributed by atoms with Gasteiger partial charge in [0.15, 0.2) is 0 Å². The Hall–Kier alpha value is -0.337. The van der Waals surface area contributed by atoms with E-state index < -0.39 is 29.6 Å². The van der Waals surface area contributed by atoms with Gasteiger partial charge >= 0.3 is 63.7 Å². The van der Waals surface area contributed by atoms with Crippen LogP contribution in [0.15, 0.2) is 97.1 Å². The molecule has 4 atom stereocenters. The van der Waals surface area contributed by atoms with E-state index in [-0.39, 0.29) is 126 Å². The summed E-state index contributed by atoms with van der Waals surface area (Å²) in [7, 11) is 0. The van der Waals surface area contributed by atoms with Gasteiger partial charge in [-0.15, -0.1) is 0 Å². The Balaban J connectivity index is 0.000000298. The molecule has 4 aliphatic rings. The Morgan fingerprint density at radius 1 is 0.685 bits per heavy atom. The normalized spacial score (nSPS) is 19.7. The van der Waals surface area contributed by atoms with E-state index >= 15 is 0 Å². The summed E-state index contributed by atoms with van der Waals surface area (Å²) in [5.41, 5.74) is 0.814. The first-order valence-corrected chi connectivity index (χ1v) is 26.1. The minimum atomic E-state index is -4.34. The van der Waals surface area contributed by atoms with E-state index in [4.69, 9.17) is 42.7 Å². The van der Waals surface area contributed by atoms with Crippen LogP contribution in [0, 0.1) is 0 Å². The molecular weight excluding hydrogens is 1120 g/mol. The number of piperidine rings is 2. The maximum atomic E-state index is 12.7. The number of likely N-dealkylation sites (tertiary alicyclic amines) is 1. The van der Waals surface area contributed by atoms with Gasteiger partial charge in [-0.05, 0) is 161 Å². The van der Waals surface area contributed by atoms with Crippen LogP contribution in [0.2, 0.25) is 10.0 Å². The maximum Gasteiger partial charge on any atom is 1.00 e. The fourth-order valence-corrected chi connectivity index (χ4v) is 10.6. The van der Waals surface area contributed by atoms with E-state index in [2.05, 4.69) is 31.0 Å². The van der Waals surface area contributed by atoms with Crippen LogP contribution < -0.4 is 71.4 Å². The van der Waals surface area contributed by atoms with Gasteiger partial charge in [-0.2, -0.15) is 26.3 Å². The number of nitrogens with one attached hydrogen (secondary N) is 1. The first kappa shape index (κ1) is 66.9. The van der Waals surface area contributed by atoms with Crippen LogP contribution in [0.4, 0.5) is 26.3 Å². The van der Waals surface area contributed by atoms with Crippen LogP contribution >= 0.6 is 39.1 Å². The Kier molecular flexibility index (Phi) is 30.5. The third-order valence-corrected chi connectivity index (χ3v) is 15.3. The Labute approximate surface area is 529 Å². The van der Waals surface area contributed by atoms with Gasteiger partial charge in [0.1, 0.15) is 11.5 Å². The van der Waals surface area contributed by atoms with E-state index in [0.29, 0.717) is 53.7 Å². The van der Waals surface area contributed by atoms with Gasteiger partial charge in [0.05, 0.1) is 36.5 Å². The largest absolute Gasteiger partial charge is 1.00 e. The number of carbonyl (C=O) groups excluding carboxylic acids is 1. The Bertz CT molecular complexity index is 2160. The van der Waals surface area contributed by atoms with Crippen LogP contribution in [0.3, 0.4) is 0 Å². The summed E-state index contributed by atoms with van der Waals surface area (Å²) >= 11 is 15.3. The summed E-state index contributed by atoms with van der Waals surface area (Å²) in [6, 6.07) is 26.2. The summed E-state index contributed by atoms with van der Waals surface area (Å²) in [5, 5.41) is 35.3. The molecule has 4 aromatic rings. The van der Waals surface area contributed by atoms with Gasteiger partial charge in [-0.3, -0.25) is 9.69 Å². The second kappa shape index (κ2) is 33.3. The average molecular weight is 1180 g/mol.